The molecule has 1 heterocycles. The van der Waals surface area contributed by atoms with Gasteiger partial charge in [-0.15, -0.1) is 0 Å². The normalized spacial score (nSPS) is 28.0. The Kier molecular flexibility index (Phi) is 4.90. The molecule has 0 aromatic carbocycles. The van der Waals surface area contributed by atoms with E-state index in [1.54, 1.807) is 0 Å². The van der Waals surface area contributed by atoms with Crippen LogP contribution in [0.3, 0.4) is 0 Å². The minimum Gasteiger partial charge on any atom is -0.315 e. The Bertz CT molecular complexity index is 156. The second-order valence-electron chi connectivity index (χ2n) is 4.87. The Hall–Kier alpha value is -0.120. The largest absolute Gasteiger partial charge is 0.315 e. The van der Waals surface area contributed by atoms with Gasteiger partial charge in [-0.05, 0) is 32.4 Å². The van der Waals surface area contributed by atoms with E-state index >= 15 is 0 Å². The van der Waals surface area contributed by atoms with Gasteiger partial charge in [0, 0.05) is 25.8 Å². The predicted molar refractivity (Wildman–Crippen MR) is 63.9 cm³/mol. The van der Waals surface area contributed by atoms with E-state index in [1.165, 1.54) is 51.6 Å². The van der Waals surface area contributed by atoms with Crippen LogP contribution in [0.15, 0.2) is 0 Å². The van der Waals surface area contributed by atoms with Crippen LogP contribution in [0, 0.1) is 0 Å². The average Bonchev–Trinajstić information content (AvgIpc) is 2.43. The molecule has 15 heavy (non-hydrogen) atoms. The predicted octanol–water partition coefficient (Wildman–Crippen LogP) is 1.16. The Morgan fingerprint density at radius 1 is 0.800 bits per heavy atom. The van der Waals surface area contributed by atoms with E-state index in [0.717, 1.165) is 25.8 Å². The summed E-state index contributed by atoms with van der Waals surface area (Å²) in [5.74, 6) is 0. The summed E-state index contributed by atoms with van der Waals surface area (Å²) in [7, 11) is 0. The lowest BCUT2D eigenvalue weighted by molar-refractivity contribution is 0.148. The third-order valence-corrected chi connectivity index (χ3v) is 3.69. The molecule has 0 spiro atoms. The van der Waals surface area contributed by atoms with Gasteiger partial charge in [0.15, 0.2) is 0 Å². The smallest absolute Gasteiger partial charge is 0.0483 e. The van der Waals surface area contributed by atoms with Crippen molar-refractivity contribution in [3.63, 3.8) is 0 Å². The van der Waals surface area contributed by atoms with Crippen molar-refractivity contribution >= 4 is 0 Å². The summed E-state index contributed by atoms with van der Waals surface area (Å²) < 4.78 is 0. The van der Waals surface area contributed by atoms with Crippen LogP contribution in [0.25, 0.3) is 0 Å². The first-order valence-electron chi connectivity index (χ1n) is 6.62. The standard InChI is InChI=1S/C12H25N3/c1-2-5-12(6-3-1)15-10-9-13-7-4-8-14-11-15/h12-14H,1-11H2. The van der Waals surface area contributed by atoms with Crippen LogP contribution in [0.2, 0.25) is 0 Å². The summed E-state index contributed by atoms with van der Waals surface area (Å²) >= 11 is 0. The molecular weight excluding hydrogens is 186 g/mol. The molecule has 1 saturated carbocycles. The lowest BCUT2D eigenvalue weighted by Gasteiger charge is -2.34. The van der Waals surface area contributed by atoms with Gasteiger partial charge in [-0.2, -0.15) is 0 Å². The molecule has 2 aliphatic rings. The van der Waals surface area contributed by atoms with Gasteiger partial charge < -0.3 is 10.6 Å². The molecule has 88 valence electrons. The van der Waals surface area contributed by atoms with Crippen molar-refractivity contribution in [2.45, 2.75) is 44.6 Å². The molecule has 0 radical (unpaired) electrons. The fraction of sp³-hybridized carbons (Fsp3) is 1.00. The molecule has 1 aliphatic heterocycles. The van der Waals surface area contributed by atoms with Crippen molar-refractivity contribution < 1.29 is 0 Å². The van der Waals surface area contributed by atoms with Gasteiger partial charge in [-0.1, -0.05) is 19.3 Å². The number of nitrogens with one attached hydrogen (secondary N) is 2. The summed E-state index contributed by atoms with van der Waals surface area (Å²) in [6.45, 7) is 5.82. The number of hydrogen-bond donors (Lipinski definition) is 2. The summed E-state index contributed by atoms with van der Waals surface area (Å²) in [6, 6.07) is 0.853. The molecule has 3 heteroatoms. The molecular formula is C12H25N3. The van der Waals surface area contributed by atoms with E-state index in [-0.39, 0.29) is 0 Å². The quantitative estimate of drug-likeness (QED) is 0.681. The van der Waals surface area contributed by atoms with Gasteiger partial charge in [0.25, 0.3) is 0 Å². The zero-order valence-corrected chi connectivity index (χ0v) is 9.80. The third-order valence-electron chi connectivity index (χ3n) is 3.69. The van der Waals surface area contributed by atoms with Crippen molar-refractivity contribution in [2.24, 2.45) is 0 Å². The topological polar surface area (TPSA) is 27.3 Å². The highest BCUT2D eigenvalue weighted by atomic mass is 15.3. The molecule has 2 fully saturated rings. The molecule has 1 aliphatic carbocycles. The molecule has 0 unspecified atom stereocenters. The summed E-state index contributed by atoms with van der Waals surface area (Å²) in [6.07, 6.45) is 8.43. The zero-order chi connectivity index (χ0) is 10.3. The number of rotatable bonds is 1. The average molecular weight is 211 g/mol. The second kappa shape index (κ2) is 6.46. The molecule has 0 bridgehead atoms. The molecule has 0 aromatic heterocycles. The minimum atomic E-state index is 0.853. The second-order valence-corrected chi connectivity index (χ2v) is 4.87. The van der Waals surface area contributed by atoms with Crippen molar-refractivity contribution in [2.75, 3.05) is 32.8 Å². The Morgan fingerprint density at radius 3 is 2.47 bits per heavy atom. The lowest BCUT2D eigenvalue weighted by Crippen LogP contribution is -2.44. The number of nitrogens with zero attached hydrogens (tertiary/aromatic N) is 1. The molecule has 1 saturated heterocycles. The highest BCUT2D eigenvalue weighted by Gasteiger charge is 2.20. The Balaban J connectivity index is 1.80. The van der Waals surface area contributed by atoms with Crippen molar-refractivity contribution in [3.8, 4) is 0 Å². The van der Waals surface area contributed by atoms with E-state index in [2.05, 4.69) is 15.5 Å². The first-order valence-corrected chi connectivity index (χ1v) is 6.62. The minimum absolute atomic E-state index is 0.853. The van der Waals surface area contributed by atoms with E-state index in [0.29, 0.717) is 0 Å². The number of hydrogen-bond acceptors (Lipinski definition) is 3. The van der Waals surface area contributed by atoms with Gasteiger partial charge >= 0.3 is 0 Å². The van der Waals surface area contributed by atoms with Gasteiger partial charge in [0.05, 0.1) is 0 Å². The maximum Gasteiger partial charge on any atom is 0.0483 e. The van der Waals surface area contributed by atoms with E-state index < -0.39 is 0 Å². The first kappa shape index (κ1) is 11.4. The zero-order valence-electron chi connectivity index (χ0n) is 9.80. The van der Waals surface area contributed by atoms with Gasteiger partial charge in [0.2, 0.25) is 0 Å². The maximum absolute atomic E-state index is 3.56. The highest BCUT2D eigenvalue weighted by molar-refractivity contribution is 4.76. The molecule has 0 amide bonds. The van der Waals surface area contributed by atoms with Gasteiger partial charge in [-0.25, -0.2) is 0 Å². The third kappa shape index (κ3) is 3.74. The van der Waals surface area contributed by atoms with E-state index in [1.807, 2.05) is 0 Å². The van der Waals surface area contributed by atoms with Crippen molar-refractivity contribution in [1.82, 2.24) is 15.5 Å². The lowest BCUT2D eigenvalue weighted by atomic mass is 9.94. The molecule has 2 N–H and O–H groups in total. The molecule has 3 nitrogen and oxygen atoms in total. The summed E-state index contributed by atoms with van der Waals surface area (Å²) in [5.41, 5.74) is 0. The van der Waals surface area contributed by atoms with Gasteiger partial charge in [0.1, 0.15) is 0 Å². The molecule has 2 rings (SSSR count). The van der Waals surface area contributed by atoms with E-state index in [9.17, 15) is 0 Å². The Morgan fingerprint density at radius 2 is 1.60 bits per heavy atom. The molecule has 0 aromatic rings. The van der Waals surface area contributed by atoms with Crippen LogP contribution in [0.4, 0.5) is 0 Å². The van der Waals surface area contributed by atoms with Crippen molar-refractivity contribution in [3.05, 3.63) is 0 Å². The van der Waals surface area contributed by atoms with Crippen LogP contribution in [0.1, 0.15) is 38.5 Å². The SMILES string of the molecule is C1CCC(N2CCNCCCNC2)CC1. The van der Waals surface area contributed by atoms with Crippen molar-refractivity contribution in [1.29, 1.82) is 0 Å². The van der Waals surface area contributed by atoms with Crippen LogP contribution in [-0.4, -0.2) is 43.8 Å². The fourth-order valence-corrected chi connectivity index (χ4v) is 2.75. The van der Waals surface area contributed by atoms with E-state index in [4.69, 9.17) is 0 Å². The summed E-state index contributed by atoms with van der Waals surface area (Å²) in [4.78, 5) is 2.65. The Labute approximate surface area is 93.6 Å². The van der Waals surface area contributed by atoms with Crippen LogP contribution >= 0.6 is 0 Å². The summed E-state index contributed by atoms with van der Waals surface area (Å²) in [5, 5.41) is 7.08. The van der Waals surface area contributed by atoms with Crippen LogP contribution < -0.4 is 10.6 Å². The van der Waals surface area contributed by atoms with Crippen LogP contribution in [0.5, 0.6) is 0 Å². The molecule has 0 atom stereocenters. The van der Waals surface area contributed by atoms with Crippen LogP contribution in [-0.2, 0) is 0 Å². The van der Waals surface area contributed by atoms with Gasteiger partial charge in [-0.3, -0.25) is 4.90 Å². The highest BCUT2D eigenvalue weighted by Crippen LogP contribution is 2.21. The first-order chi connectivity index (χ1) is 7.47. The monoisotopic (exact) mass is 211 g/mol. The fourth-order valence-electron chi connectivity index (χ4n) is 2.75. The maximum atomic E-state index is 3.56.